The zero-order valence-electron chi connectivity index (χ0n) is 19.8. The number of benzene rings is 1. The summed E-state index contributed by atoms with van der Waals surface area (Å²) in [6.45, 7) is 4.12. The molecule has 5 rings (SSSR count). The van der Waals surface area contributed by atoms with Crippen molar-refractivity contribution in [2.75, 3.05) is 13.2 Å². The summed E-state index contributed by atoms with van der Waals surface area (Å²) in [7, 11) is 0. The highest BCUT2D eigenvalue weighted by molar-refractivity contribution is 6.04. The molecule has 4 aromatic heterocycles. The summed E-state index contributed by atoms with van der Waals surface area (Å²) >= 11 is 0. The van der Waals surface area contributed by atoms with Crippen molar-refractivity contribution in [2.24, 2.45) is 0 Å². The number of hydrogen-bond acceptors (Lipinski definition) is 8. The molecule has 0 unspecified atom stereocenters. The molecule has 0 aliphatic carbocycles. The molecule has 0 saturated carbocycles. The van der Waals surface area contributed by atoms with Gasteiger partial charge in [0.1, 0.15) is 0 Å². The summed E-state index contributed by atoms with van der Waals surface area (Å²) < 4.78 is 10.2. The Kier molecular flexibility index (Phi) is 6.32. The molecular formula is C28H22N4O4. The predicted octanol–water partition coefficient (Wildman–Crippen LogP) is 5.26. The van der Waals surface area contributed by atoms with Crippen molar-refractivity contribution < 1.29 is 19.1 Å². The summed E-state index contributed by atoms with van der Waals surface area (Å²) in [5, 5.41) is 1.82. The second kappa shape index (κ2) is 9.87. The van der Waals surface area contributed by atoms with Crippen LogP contribution in [0.1, 0.15) is 34.6 Å². The molecule has 4 heterocycles. The summed E-state index contributed by atoms with van der Waals surface area (Å²) in [5.74, 6) is -0.813. The van der Waals surface area contributed by atoms with Gasteiger partial charge in [-0.25, -0.2) is 19.6 Å². The van der Waals surface area contributed by atoms with E-state index < -0.39 is 11.9 Å². The van der Waals surface area contributed by atoms with Crippen molar-refractivity contribution in [2.45, 2.75) is 13.8 Å². The Labute approximate surface area is 207 Å². The molecule has 0 saturated heterocycles. The Balaban J connectivity index is 1.60. The second-order valence-corrected chi connectivity index (χ2v) is 7.90. The molecule has 8 heteroatoms. The number of ether oxygens (including phenoxy) is 2. The number of esters is 2. The van der Waals surface area contributed by atoms with Crippen LogP contribution in [-0.4, -0.2) is 45.1 Å². The van der Waals surface area contributed by atoms with Gasteiger partial charge in [0.05, 0.1) is 58.1 Å². The quantitative estimate of drug-likeness (QED) is 0.240. The van der Waals surface area contributed by atoms with Crippen LogP contribution in [0, 0.1) is 0 Å². The monoisotopic (exact) mass is 478 g/mol. The van der Waals surface area contributed by atoms with Crippen LogP contribution in [0.15, 0.2) is 73.1 Å². The summed E-state index contributed by atoms with van der Waals surface area (Å²) in [6.07, 6.45) is 3.13. The minimum atomic E-state index is -0.406. The van der Waals surface area contributed by atoms with Crippen LogP contribution >= 0.6 is 0 Å². The second-order valence-electron chi connectivity index (χ2n) is 7.90. The topological polar surface area (TPSA) is 104 Å². The Morgan fingerprint density at radius 3 is 1.44 bits per heavy atom. The summed E-state index contributed by atoms with van der Waals surface area (Å²) in [5.41, 5.74) is 4.53. The van der Waals surface area contributed by atoms with E-state index in [0.717, 1.165) is 10.8 Å². The van der Waals surface area contributed by atoms with Crippen LogP contribution in [0.3, 0.4) is 0 Å². The van der Waals surface area contributed by atoms with E-state index in [2.05, 4.69) is 9.97 Å². The van der Waals surface area contributed by atoms with Gasteiger partial charge in [-0.2, -0.15) is 0 Å². The summed E-state index contributed by atoms with van der Waals surface area (Å²) in [6, 6.07) is 18.1. The van der Waals surface area contributed by atoms with Crippen molar-refractivity contribution >= 4 is 33.7 Å². The third-order valence-corrected chi connectivity index (χ3v) is 5.59. The Hall–Kier alpha value is -4.72. The third-order valence-electron chi connectivity index (χ3n) is 5.59. The highest BCUT2D eigenvalue weighted by Gasteiger charge is 2.14. The van der Waals surface area contributed by atoms with E-state index in [9.17, 15) is 9.59 Å². The molecule has 8 nitrogen and oxygen atoms in total. The van der Waals surface area contributed by atoms with Gasteiger partial charge < -0.3 is 9.47 Å². The molecule has 1 aromatic carbocycles. The van der Waals surface area contributed by atoms with Gasteiger partial charge in [-0.05, 0) is 50.2 Å². The number of rotatable bonds is 6. The SMILES string of the molecule is CCOC(=O)c1ccnc(-c2ccc3ccc4ccc(-c5cc(C(=O)OCC)ccn5)nc4c3n2)c1. The Morgan fingerprint density at radius 1 is 0.611 bits per heavy atom. The van der Waals surface area contributed by atoms with Crippen molar-refractivity contribution in [1.82, 2.24) is 19.9 Å². The van der Waals surface area contributed by atoms with Crippen LogP contribution < -0.4 is 0 Å². The lowest BCUT2D eigenvalue weighted by atomic mass is 10.1. The first-order valence-corrected chi connectivity index (χ1v) is 11.5. The highest BCUT2D eigenvalue weighted by atomic mass is 16.5. The van der Waals surface area contributed by atoms with Crippen LogP contribution in [0.4, 0.5) is 0 Å². The molecule has 0 atom stereocenters. The van der Waals surface area contributed by atoms with E-state index in [0.29, 0.717) is 58.1 Å². The van der Waals surface area contributed by atoms with Crippen molar-refractivity contribution in [3.8, 4) is 22.8 Å². The number of aromatic nitrogens is 4. The number of pyridine rings is 4. The first-order chi connectivity index (χ1) is 17.6. The van der Waals surface area contributed by atoms with Gasteiger partial charge in [-0.3, -0.25) is 9.97 Å². The number of carbonyl (C=O) groups is 2. The number of hydrogen-bond donors (Lipinski definition) is 0. The molecule has 0 aliphatic heterocycles. The molecule has 0 bridgehead atoms. The molecule has 5 aromatic rings. The normalized spacial score (nSPS) is 10.9. The molecule has 0 spiro atoms. The molecular weight excluding hydrogens is 456 g/mol. The average Bonchev–Trinajstić information content (AvgIpc) is 2.93. The van der Waals surface area contributed by atoms with Crippen LogP contribution in [0.5, 0.6) is 0 Å². The number of carbonyl (C=O) groups excluding carboxylic acids is 2. The molecule has 178 valence electrons. The maximum absolute atomic E-state index is 12.2. The minimum Gasteiger partial charge on any atom is -0.462 e. The van der Waals surface area contributed by atoms with Gasteiger partial charge in [0.2, 0.25) is 0 Å². The predicted molar refractivity (Wildman–Crippen MR) is 135 cm³/mol. The van der Waals surface area contributed by atoms with Crippen LogP contribution in [-0.2, 0) is 9.47 Å². The highest BCUT2D eigenvalue weighted by Crippen LogP contribution is 2.28. The fraction of sp³-hybridized carbons (Fsp3) is 0.143. The molecule has 36 heavy (non-hydrogen) atoms. The Morgan fingerprint density at radius 2 is 1.03 bits per heavy atom. The van der Waals surface area contributed by atoms with Gasteiger partial charge >= 0.3 is 11.9 Å². The summed E-state index contributed by atoms with van der Waals surface area (Å²) in [4.78, 5) is 42.9. The van der Waals surface area contributed by atoms with E-state index in [-0.39, 0.29) is 0 Å². The average molecular weight is 479 g/mol. The lowest BCUT2D eigenvalue weighted by Crippen LogP contribution is -2.05. The van der Waals surface area contributed by atoms with Gasteiger partial charge in [-0.15, -0.1) is 0 Å². The maximum atomic E-state index is 12.2. The first kappa shape index (κ1) is 23.0. The van der Waals surface area contributed by atoms with Crippen LogP contribution in [0.2, 0.25) is 0 Å². The zero-order valence-corrected chi connectivity index (χ0v) is 19.8. The standard InChI is InChI=1S/C28H22N4O4/c1-3-35-27(33)19-11-13-29-23(15-19)21-9-7-17-5-6-18-8-10-22(32-26(18)25(17)31-21)24-16-20(12-14-30-24)28(34)36-4-2/h5-16H,3-4H2,1-2H3. The molecule has 0 fully saturated rings. The lowest BCUT2D eigenvalue weighted by Gasteiger charge is -2.09. The van der Waals surface area contributed by atoms with E-state index in [1.54, 1.807) is 50.5 Å². The lowest BCUT2D eigenvalue weighted by molar-refractivity contribution is 0.0516. The van der Waals surface area contributed by atoms with Crippen molar-refractivity contribution in [3.05, 3.63) is 84.2 Å². The largest absolute Gasteiger partial charge is 0.462 e. The molecule has 0 radical (unpaired) electrons. The molecule has 0 aliphatic rings. The molecule has 0 amide bonds. The fourth-order valence-corrected chi connectivity index (χ4v) is 3.88. The molecule has 0 N–H and O–H groups in total. The van der Waals surface area contributed by atoms with E-state index in [1.165, 1.54) is 0 Å². The fourth-order valence-electron chi connectivity index (χ4n) is 3.88. The van der Waals surface area contributed by atoms with Gasteiger partial charge in [0.15, 0.2) is 0 Å². The van der Waals surface area contributed by atoms with Crippen LogP contribution in [0.25, 0.3) is 44.6 Å². The number of fused-ring (bicyclic) bond motifs is 3. The first-order valence-electron chi connectivity index (χ1n) is 11.5. The Bertz CT molecular complexity index is 1500. The maximum Gasteiger partial charge on any atom is 0.338 e. The van der Waals surface area contributed by atoms with Gasteiger partial charge in [0, 0.05) is 23.2 Å². The van der Waals surface area contributed by atoms with Crippen molar-refractivity contribution in [3.63, 3.8) is 0 Å². The third kappa shape index (κ3) is 4.48. The smallest absolute Gasteiger partial charge is 0.338 e. The minimum absolute atomic E-state index is 0.294. The van der Waals surface area contributed by atoms with Gasteiger partial charge in [0.25, 0.3) is 0 Å². The van der Waals surface area contributed by atoms with Crippen molar-refractivity contribution in [1.29, 1.82) is 0 Å². The zero-order chi connectivity index (χ0) is 25.1. The van der Waals surface area contributed by atoms with Gasteiger partial charge in [-0.1, -0.05) is 24.3 Å². The van der Waals surface area contributed by atoms with E-state index in [4.69, 9.17) is 19.4 Å². The van der Waals surface area contributed by atoms with E-state index >= 15 is 0 Å². The number of nitrogens with zero attached hydrogens (tertiary/aromatic N) is 4. The van der Waals surface area contributed by atoms with E-state index in [1.807, 2.05) is 36.4 Å².